The number of benzene rings is 1. The summed E-state index contributed by atoms with van der Waals surface area (Å²) in [5.74, 6) is 0.984. The maximum absolute atomic E-state index is 11.9. The quantitative estimate of drug-likeness (QED) is 0.639. The molecule has 7 nitrogen and oxygen atoms in total. The number of methoxy groups -OCH3 is 2. The summed E-state index contributed by atoms with van der Waals surface area (Å²) in [7, 11) is 4.70. The Labute approximate surface area is 130 Å². The monoisotopic (exact) mass is 309 g/mol. The maximum Gasteiger partial charge on any atom is 0.234 e. The number of rotatable bonds is 8. The standard InChI is InChI=1S/C15H23N3O4/c1-10(18-15(20)9-17-8-14(19)16-2)12-7-11(21-3)5-6-13(12)22-4/h5-7,10,17H,8-9H2,1-4H3,(H,16,19)(H,18,20)/t10-/m1/s1. The first-order valence-electron chi connectivity index (χ1n) is 6.94. The van der Waals surface area contributed by atoms with Crippen molar-refractivity contribution in [2.75, 3.05) is 34.4 Å². The van der Waals surface area contributed by atoms with E-state index in [1.807, 2.05) is 13.0 Å². The van der Waals surface area contributed by atoms with Crippen LogP contribution in [0.3, 0.4) is 0 Å². The van der Waals surface area contributed by atoms with Gasteiger partial charge in [0, 0.05) is 12.6 Å². The molecule has 2 amide bonds. The molecule has 7 heteroatoms. The molecule has 0 aliphatic rings. The highest BCUT2D eigenvalue weighted by Crippen LogP contribution is 2.29. The first-order valence-corrected chi connectivity index (χ1v) is 6.94. The Morgan fingerprint density at radius 3 is 2.41 bits per heavy atom. The molecule has 0 aliphatic heterocycles. The first-order chi connectivity index (χ1) is 10.5. The molecule has 0 fully saturated rings. The number of carbonyl (C=O) groups excluding carboxylic acids is 2. The summed E-state index contributed by atoms with van der Waals surface area (Å²) < 4.78 is 10.5. The van der Waals surface area contributed by atoms with E-state index in [-0.39, 0.29) is 30.9 Å². The van der Waals surface area contributed by atoms with Crippen molar-refractivity contribution in [2.45, 2.75) is 13.0 Å². The summed E-state index contributed by atoms with van der Waals surface area (Å²) in [5, 5.41) is 8.08. The predicted octanol–water partition coefficient (Wildman–Crippen LogP) is 0.217. The van der Waals surface area contributed by atoms with Gasteiger partial charge in [0.2, 0.25) is 11.8 Å². The van der Waals surface area contributed by atoms with Crippen molar-refractivity contribution < 1.29 is 19.1 Å². The van der Waals surface area contributed by atoms with E-state index in [1.54, 1.807) is 33.4 Å². The molecule has 1 rings (SSSR count). The molecule has 3 N–H and O–H groups in total. The van der Waals surface area contributed by atoms with Crippen molar-refractivity contribution >= 4 is 11.8 Å². The molecule has 0 unspecified atom stereocenters. The van der Waals surface area contributed by atoms with Gasteiger partial charge in [0.15, 0.2) is 0 Å². The van der Waals surface area contributed by atoms with Crippen molar-refractivity contribution in [3.8, 4) is 11.5 Å². The van der Waals surface area contributed by atoms with Crippen LogP contribution in [0.15, 0.2) is 18.2 Å². The zero-order chi connectivity index (χ0) is 16.5. The molecule has 0 radical (unpaired) electrons. The van der Waals surface area contributed by atoms with Crippen LogP contribution in [-0.2, 0) is 9.59 Å². The summed E-state index contributed by atoms with van der Waals surface area (Å²) in [6, 6.07) is 5.16. The highest BCUT2D eigenvalue weighted by Gasteiger charge is 2.15. The number of hydrogen-bond donors (Lipinski definition) is 3. The lowest BCUT2D eigenvalue weighted by atomic mass is 10.1. The van der Waals surface area contributed by atoms with Gasteiger partial charge >= 0.3 is 0 Å². The minimum Gasteiger partial charge on any atom is -0.497 e. The van der Waals surface area contributed by atoms with Crippen molar-refractivity contribution in [2.24, 2.45) is 0 Å². The van der Waals surface area contributed by atoms with Crippen LogP contribution in [0.1, 0.15) is 18.5 Å². The van der Waals surface area contributed by atoms with E-state index >= 15 is 0 Å². The van der Waals surface area contributed by atoms with Crippen molar-refractivity contribution in [3.63, 3.8) is 0 Å². The number of amides is 2. The van der Waals surface area contributed by atoms with E-state index in [2.05, 4.69) is 16.0 Å². The lowest BCUT2D eigenvalue weighted by molar-refractivity contribution is -0.121. The van der Waals surface area contributed by atoms with Crippen LogP contribution in [0.25, 0.3) is 0 Å². The number of ether oxygens (including phenoxy) is 2. The van der Waals surface area contributed by atoms with Crippen LogP contribution < -0.4 is 25.4 Å². The molecule has 0 aromatic heterocycles. The third-order valence-corrected chi connectivity index (χ3v) is 3.13. The van der Waals surface area contributed by atoms with Crippen LogP contribution in [-0.4, -0.2) is 46.2 Å². The van der Waals surface area contributed by atoms with E-state index in [0.29, 0.717) is 11.5 Å². The Balaban J connectivity index is 2.62. The van der Waals surface area contributed by atoms with Gasteiger partial charge in [-0.2, -0.15) is 0 Å². The zero-order valence-electron chi connectivity index (χ0n) is 13.4. The molecule has 0 aliphatic carbocycles. The lowest BCUT2D eigenvalue weighted by Gasteiger charge is -2.18. The van der Waals surface area contributed by atoms with Gasteiger partial charge in [-0.3, -0.25) is 14.9 Å². The molecular weight excluding hydrogens is 286 g/mol. The molecule has 22 heavy (non-hydrogen) atoms. The topological polar surface area (TPSA) is 88.7 Å². The third-order valence-electron chi connectivity index (χ3n) is 3.13. The minimum absolute atomic E-state index is 0.0596. The first kappa shape index (κ1) is 17.8. The number of hydrogen-bond acceptors (Lipinski definition) is 5. The fourth-order valence-electron chi connectivity index (χ4n) is 1.93. The van der Waals surface area contributed by atoms with Gasteiger partial charge in [-0.25, -0.2) is 0 Å². The van der Waals surface area contributed by atoms with Crippen LogP contribution in [0.5, 0.6) is 11.5 Å². The third kappa shape index (κ3) is 5.25. The highest BCUT2D eigenvalue weighted by molar-refractivity contribution is 5.81. The van der Waals surface area contributed by atoms with Crippen molar-refractivity contribution in [1.29, 1.82) is 0 Å². The van der Waals surface area contributed by atoms with Gasteiger partial charge in [-0.05, 0) is 25.1 Å². The smallest absolute Gasteiger partial charge is 0.234 e. The lowest BCUT2D eigenvalue weighted by Crippen LogP contribution is -2.39. The van der Waals surface area contributed by atoms with Gasteiger partial charge in [0.1, 0.15) is 11.5 Å². The summed E-state index contributed by atoms with van der Waals surface area (Å²) >= 11 is 0. The van der Waals surface area contributed by atoms with Gasteiger partial charge in [-0.1, -0.05) is 0 Å². The number of likely N-dealkylation sites (N-methyl/N-ethyl adjacent to an activating group) is 1. The van der Waals surface area contributed by atoms with Gasteiger partial charge in [0.05, 0.1) is 33.4 Å². The van der Waals surface area contributed by atoms with Crippen LogP contribution in [0, 0.1) is 0 Å². The van der Waals surface area contributed by atoms with E-state index in [0.717, 1.165) is 5.56 Å². The second kappa shape index (κ2) is 8.89. The van der Waals surface area contributed by atoms with Gasteiger partial charge in [-0.15, -0.1) is 0 Å². The molecule has 0 saturated heterocycles. The van der Waals surface area contributed by atoms with Crippen LogP contribution >= 0.6 is 0 Å². The van der Waals surface area contributed by atoms with Gasteiger partial charge in [0.25, 0.3) is 0 Å². The van der Waals surface area contributed by atoms with E-state index < -0.39 is 0 Å². The number of carbonyl (C=O) groups is 2. The van der Waals surface area contributed by atoms with Crippen molar-refractivity contribution in [3.05, 3.63) is 23.8 Å². The average Bonchev–Trinajstić information content (AvgIpc) is 2.53. The maximum atomic E-state index is 11.9. The Morgan fingerprint density at radius 2 is 1.82 bits per heavy atom. The highest BCUT2D eigenvalue weighted by atomic mass is 16.5. The molecule has 0 heterocycles. The molecule has 0 bridgehead atoms. The van der Waals surface area contributed by atoms with Gasteiger partial charge < -0.3 is 20.1 Å². The fraction of sp³-hybridized carbons (Fsp3) is 0.467. The second-order valence-electron chi connectivity index (χ2n) is 4.67. The van der Waals surface area contributed by atoms with Crippen LogP contribution in [0.4, 0.5) is 0 Å². The molecule has 1 aromatic carbocycles. The Hall–Kier alpha value is -2.28. The summed E-state index contributed by atoms with van der Waals surface area (Å²) in [6.45, 7) is 2.01. The largest absolute Gasteiger partial charge is 0.497 e. The summed E-state index contributed by atoms with van der Waals surface area (Å²) in [4.78, 5) is 22.9. The SMILES string of the molecule is CNC(=O)CNCC(=O)N[C@H](C)c1cc(OC)ccc1OC. The second-order valence-corrected chi connectivity index (χ2v) is 4.67. The molecule has 0 spiro atoms. The molecule has 0 saturated carbocycles. The molecule has 1 atom stereocenters. The fourth-order valence-corrected chi connectivity index (χ4v) is 1.93. The minimum atomic E-state index is -0.251. The molecular formula is C15H23N3O4. The summed E-state index contributed by atoms with van der Waals surface area (Å²) in [5.41, 5.74) is 0.821. The summed E-state index contributed by atoms with van der Waals surface area (Å²) in [6.07, 6.45) is 0. The Bertz CT molecular complexity index is 520. The van der Waals surface area contributed by atoms with E-state index in [1.165, 1.54) is 0 Å². The van der Waals surface area contributed by atoms with E-state index in [9.17, 15) is 9.59 Å². The molecule has 1 aromatic rings. The Morgan fingerprint density at radius 1 is 1.14 bits per heavy atom. The predicted molar refractivity (Wildman–Crippen MR) is 83.0 cm³/mol. The van der Waals surface area contributed by atoms with Crippen LogP contribution in [0.2, 0.25) is 0 Å². The zero-order valence-corrected chi connectivity index (χ0v) is 13.4. The van der Waals surface area contributed by atoms with E-state index in [4.69, 9.17) is 9.47 Å². The Kier molecular flexibility index (Phi) is 7.18. The number of nitrogens with one attached hydrogen (secondary N) is 3. The molecule has 122 valence electrons. The van der Waals surface area contributed by atoms with Crippen molar-refractivity contribution in [1.82, 2.24) is 16.0 Å². The normalized spacial score (nSPS) is 11.5. The average molecular weight is 309 g/mol.